The molecule has 0 amide bonds. The highest BCUT2D eigenvalue weighted by Gasteiger charge is 2.45. The fourth-order valence-corrected chi connectivity index (χ4v) is 16.3. The molecule has 8 aliphatic carbocycles. The summed E-state index contributed by atoms with van der Waals surface area (Å²) in [5.74, 6) is 2.53. The number of rotatable bonds is 6. The van der Waals surface area contributed by atoms with E-state index in [0.717, 1.165) is 165 Å². The Balaban J connectivity index is 0.000000139. The SMILES string of the molecule is C#CC(=O)OC.COC(=O)C1=C(O)CCc2nc(OC)ccc21.COC(C)=O.COc1ccc2c(n1)CCC(=O)C2.COc1ccc2c(n1)CCC(=O)C2.COc1ccc2c(n1)CCC1(C2)OCCO1.COc1ccc2c(n1)CCC1(C2)OCCO1.O=C1CCC2(CC1)OCCO2.O=c1ccc2c([nH]1)CCC1(C2)OCCO1.O=c1ccc2c([nH]1)CCC1(C2)OCCO1. The maximum atomic E-state index is 11.6. The summed E-state index contributed by atoms with van der Waals surface area (Å²) in [4.78, 5) is 114. The third-order valence-electron chi connectivity index (χ3n) is 23.0. The fraction of sp³-hybridized carbons (Fsp3) is 0.516. The number of pyridine rings is 7. The van der Waals surface area contributed by atoms with Crippen LogP contribution < -0.4 is 34.8 Å². The number of aromatic amines is 2. The number of carbonyl (C=O) groups is 6. The number of fused-ring (bicyclic) bond motifs is 7. The third-order valence-corrected chi connectivity index (χ3v) is 23.0. The van der Waals surface area contributed by atoms with Crippen LogP contribution in [0.15, 0.2) is 100 Å². The van der Waals surface area contributed by atoms with Crippen LogP contribution in [0, 0.1) is 12.3 Å². The Morgan fingerprint density at radius 1 is 0.354 bits per heavy atom. The summed E-state index contributed by atoms with van der Waals surface area (Å²) in [5.41, 5.74) is 14.6. The minimum Gasteiger partial charge on any atom is -0.511 e. The van der Waals surface area contributed by atoms with Gasteiger partial charge in [-0.3, -0.25) is 28.8 Å². The van der Waals surface area contributed by atoms with Gasteiger partial charge >= 0.3 is 17.9 Å². The molecule has 6 fully saturated rings. The molecule has 0 unspecified atom stereocenters. The Labute approximate surface area is 736 Å². The van der Waals surface area contributed by atoms with Crippen molar-refractivity contribution in [2.75, 3.05) is 123 Å². The number of allylic oxidation sites excluding steroid dienone is 1. The van der Waals surface area contributed by atoms with Crippen LogP contribution in [-0.2, 0) is 174 Å². The van der Waals surface area contributed by atoms with Gasteiger partial charge in [-0.2, -0.15) is 0 Å². The van der Waals surface area contributed by atoms with Gasteiger partial charge in [-0.25, -0.2) is 34.5 Å². The molecule has 3 N–H and O–H groups in total. The molecule has 5 spiro atoms. The lowest BCUT2D eigenvalue weighted by molar-refractivity contribution is -0.179. The molecular formula is C93H113N7O27. The molecule has 34 nitrogen and oxygen atoms in total. The summed E-state index contributed by atoms with van der Waals surface area (Å²) in [7, 11) is 11.9. The Bertz CT molecular complexity index is 4920. The number of aryl methyl sites for hydroxylation is 7. The van der Waals surface area contributed by atoms with Gasteiger partial charge in [0.1, 0.15) is 28.7 Å². The van der Waals surface area contributed by atoms with Gasteiger partial charge < -0.3 is 100 Å². The number of H-pyrrole nitrogens is 2. The van der Waals surface area contributed by atoms with Crippen molar-refractivity contribution in [1.82, 2.24) is 34.9 Å². The number of Topliss-reactive ketones (excluding diaryl/α,β-unsaturated/α-hetero) is 3. The monoisotopic (exact) mass is 1760 g/mol. The lowest BCUT2D eigenvalue weighted by Gasteiger charge is -2.32. The van der Waals surface area contributed by atoms with Gasteiger partial charge in [0.25, 0.3) is 0 Å². The normalized spacial score (nSPS) is 19.1. The molecule has 1 saturated carbocycles. The van der Waals surface area contributed by atoms with Crippen LogP contribution in [0.25, 0.3) is 5.57 Å². The largest absolute Gasteiger partial charge is 0.511 e. The zero-order valence-electron chi connectivity index (χ0n) is 73.5. The van der Waals surface area contributed by atoms with Crippen molar-refractivity contribution < 1.29 is 119 Å². The number of ether oxygens (including phenoxy) is 18. The van der Waals surface area contributed by atoms with Crippen molar-refractivity contribution in [3.05, 3.63) is 190 Å². The molecule has 0 bridgehead atoms. The predicted molar refractivity (Wildman–Crippen MR) is 455 cm³/mol. The Kier molecular flexibility index (Phi) is 34.9. The van der Waals surface area contributed by atoms with Gasteiger partial charge in [0.2, 0.25) is 40.5 Å². The van der Waals surface area contributed by atoms with E-state index in [9.17, 15) is 43.5 Å². The molecule has 0 atom stereocenters. The van der Waals surface area contributed by atoms with Crippen molar-refractivity contribution >= 4 is 40.8 Å². The molecule has 7 aromatic heterocycles. The summed E-state index contributed by atoms with van der Waals surface area (Å²) in [6, 6.07) is 25.6. The number of methoxy groups -OCH3 is 8. The summed E-state index contributed by atoms with van der Waals surface area (Å²) < 4.78 is 94.5. The highest BCUT2D eigenvalue weighted by Crippen LogP contribution is 2.40. The third kappa shape index (κ3) is 26.7. The Morgan fingerprint density at radius 3 is 1.00 bits per heavy atom. The van der Waals surface area contributed by atoms with E-state index in [2.05, 4.69) is 67.7 Å². The number of nitrogens with one attached hydrogen (secondary N) is 2. The number of hydrogen-bond acceptors (Lipinski definition) is 32. The Hall–Kier alpha value is -11.2. The van der Waals surface area contributed by atoms with Gasteiger partial charge in [0, 0.05) is 204 Å². The van der Waals surface area contributed by atoms with E-state index in [-0.39, 0.29) is 45.8 Å². The second-order valence-electron chi connectivity index (χ2n) is 31.2. The average molecular weight is 1760 g/mol. The summed E-state index contributed by atoms with van der Waals surface area (Å²) in [6.45, 7) is 8.28. The van der Waals surface area contributed by atoms with Crippen LogP contribution >= 0.6 is 0 Å². The lowest BCUT2D eigenvalue weighted by atomic mass is 9.91. The molecular weight excluding hydrogens is 1650 g/mol. The molecule has 127 heavy (non-hydrogen) atoms. The smallest absolute Gasteiger partial charge is 0.383 e. The second kappa shape index (κ2) is 46.0. The number of terminal acetylenes is 1. The van der Waals surface area contributed by atoms with E-state index in [0.29, 0.717) is 170 Å². The molecule has 12 heterocycles. The molecule has 0 aromatic carbocycles. The molecule has 5 saturated heterocycles. The molecule has 0 radical (unpaired) electrons. The van der Waals surface area contributed by atoms with Crippen molar-refractivity contribution in [1.29, 1.82) is 0 Å². The topological polar surface area (TPSA) is 419 Å². The van der Waals surface area contributed by atoms with Crippen molar-refractivity contribution in [2.24, 2.45) is 0 Å². The van der Waals surface area contributed by atoms with E-state index < -0.39 is 23.5 Å². The number of hydrogen-bond donors (Lipinski definition) is 3. The molecule has 13 aliphatic rings. The van der Waals surface area contributed by atoms with Crippen LogP contribution in [-0.4, -0.2) is 227 Å². The van der Waals surface area contributed by atoms with Gasteiger partial charge in [0.15, 0.2) is 28.9 Å². The van der Waals surface area contributed by atoms with Gasteiger partial charge in [-0.15, -0.1) is 6.42 Å². The predicted octanol–water partition coefficient (Wildman–Crippen LogP) is 8.48. The Morgan fingerprint density at radius 2 is 0.661 bits per heavy atom. The minimum absolute atomic E-state index is 0.0297. The summed E-state index contributed by atoms with van der Waals surface area (Å²) in [5, 5.41) is 9.76. The number of esters is 3. The van der Waals surface area contributed by atoms with E-state index in [1.165, 1.54) is 46.5 Å². The minimum atomic E-state index is -0.630. The number of ketones is 3. The van der Waals surface area contributed by atoms with E-state index in [1.54, 1.807) is 70.8 Å². The zero-order chi connectivity index (χ0) is 90.6. The summed E-state index contributed by atoms with van der Waals surface area (Å²) >= 11 is 0. The maximum absolute atomic E-state index is 11.6. The number of aliphatic hydroxyl groups is 1. The van der Waals surface area contributed by atoms with Crippen molar-refractivity contribution in [3.8, 4) is 41.7 Å². The second-order valence-corrected chi connectivity index (χ2v) is 31.2. The fourth-order valence-electron chi connectivity index (χ4n) is 16.3. The lowest BCUT2D eigenvalue weighted by Crippen LogP contribution is -2.37. The van der Waals surface area contributed by atoms with Crippen LogP contribution in [0.5, 0.6) is 29.4 Å². The first-order valence-electron chi connectivity index (χ1n) is 42.4. The van der Waals surface area contributed by atoms with Crippen LogP contribution in [0.2, 0.25) is 0 Å². The number of aliphatic hydroxyl groups excluding tert-OH is 1. The van der Waals surface area contributed by atoms with E-state index in [4.69, 9.17) is 71.1 Å². The molecule has 682 valence electrons. The number of nitrogens with zero attached hydrogens (tertiary/aromatic N) is 5. The van der Waals surface area contributed by atoms with Gasteiger partial charge in [-0.1, -0.05) is 36.4 Å². The van der Waals surface area contributed by atoms with Gasteiger partial charge in [0.05, 0.1) is 129 Å². The maximum Gasteiger partial charge on any atom is 0.383 e. The van der Waals surface area contributed by atoms with Crippen molar-refractivity contribution in [2.45, 2.75) is 190 Å². The first-order valence-corrected chi connectivity index (χ1v) is 42.4. The van der Waals surface area contributed by atoms with Crippen LogP contribution in [0.4, 0.5) is 0 Å². The average Bonchev–Trinajstić information content (AvgIpc) is 1.78. The standard InChI is InChI=1S/C12H13NO4.2C12H15NO3.2C11H13NO3.2C10H11NO2.C8H12O3.C4H4O2.C3H6O2/c1-16-10-6-3-7-8(13-10)4-5-9(14)11(7)12(15)17-2;2*1-14-11-3-2-9-8-12(15-6-7-16-12)5-4-10(9)13-11;2*13-10-2-1-8-7-11(14-5-6-15-11)4-3-9(8)12-10;2*1-13-10-5-2-7-6-8(12)3-4-9(7)11-10;9-7-1-3-8(4-2-7)10-5-6-11-8;1-3-4(5)6-2;1-3(4)5-2/h3,6,14H,4-5H2,1-2H3;2*2-3H,4-8H2,1H3;2*1-2H,3-7H2,(H,12,13);2*2,5H,3-4,6H2,1H3;1-6H2;1H,2H3;1-2H3. The highest BCUT2D eigenvalue weighted by atomic mass is 16.8. The van der Waals surface area contributed by atoms with Crippen LogP contribution in [0.1, 0.15) is 156 Å². The molecule has 7 aromatic rings. The molecule has 34 heteroatoms. The zero-order valence-corrected chi connectivity index (χ0v) is 73.5. The number of aromatic nitrogens is 7. The van der Waals surface area contributed by atoms with Crippen LogP contribution in [0.3, 0.4) is 0 Å². The molecule has 20 rings (SSSR count). The summed E-state index contributed by atoms with van der Waals surface area (Å²) in [6.07, 6.45) is 22.1. The van der Waals surface area contributed by atoms with E-state index in [1.807, 2.05) is 36.4 Å². The first kappa shape index (κ1) is 96.4. The van der Waals surface area contributed by atoms with Crippen molar-refractivity contribution in [3.63, 3.8) is 0 Å². The quantitative estimate of drug-likeness (QED) is 0.0607. The van der Waals surface area contributed by atoms with E-state index >= 15 is 0 Å². The highest BCUT2D eigenvalue weighted by molar-refractivity contribution is 6.17. The molecule has 5 aliphatic heterocycles. The first-order chi connectivity index (χ1) is 61.3. The van der Waals surface area contributed by atoms with Gasteiger partial charge in [-0.05, 0) is 84.4 Å². The number of carbonyl (C=O) groups excluding carboxylic acids is 6.